The molecule has 1 aromatic carbocycles. The Morgan fingerprint density at radius 1 is 1.24 bits per heavy atom. The SMILES string of the molecule is CCOc1ccc(CCC(=O)NC(C)CCC(=O)O)cc1. The van der Waals surface area contributed by atoms with Gasteiger partial charge in [0.25, 0.3) is 0 Å². The van der Waals surface area contributed by atoms with Gasteiger partial charge in [-0.05, 0) is 44.4 Å². The fourth-order valence-electron chi connectivity index (χ4n) is 1.94. The number of carboxylic acids is 1. The van der Waals surface area contributed by atoms with Crippen molar-refractivity contribution in [3.8, 4) is 5.75 Å². The number of hydrogen-bond donors (Lipinski definition) is 2. The second kappa shape index (κ2) is 9.00. The summed E-state index contributed by atoms with van der Waals surface area (Å²) < 4.78 is 5.36. The van der Waals surface area contributed by atoms with Crippen LogP contribution >= 0.6 is 0 Å². The van der Waals surface area contributed by atoms with E-state index in [4.69, 9.17) is 9.84 Å². The zero-order valence-corrected chi connectivity index (χ0v) is 12.6. The minimum absolute atomic E-state index is 0.0539. The molecule has 2 N–H and O–H groups in total. The number of nitrogens with one attached hydrogen (secondary N) is 1. The Kier molecular flexibility index (Phi) is 7.29. The fourth-order valence-corrected chi connectivity index (χ4v) is 1.94. The van der Waals surface area contributed by atoms with Crippen molar-refractivity contribution in [3.05, 3.63) is 29.8 Å². The fraction of sp³-hybridized carbons (Fsp3) is 0.500. The molecule has 0 fully saturated rings. The first-order valence-corrected chi connectivity index (χ1v) is 7.24. The van der Waals surface area contributed by atoms with Crippen molar-refractivity contribution < 1.29 is 19.4 Å². The lowest BCUT2D eigenvalue weighted by molar-refractivity contribution is -0.137. The highest BCUT2D eigenvalue weighted by Crippen LogP contribution is 2.13. The van der Waals surface area contributed by atoms with Gasteiger partial charge < -0.3 is 15.2 Å². The Hall–Kier alpha value is -2.04. The average Bonchev–Trinajstić information content (AvgIpc) is 2.45. The van der Waals surface area contributed by atoms with E-state index in [1.165, 1.54) is 0 Å². The van der Waals surface area contributed by atoms with E-state index in [1.54, 1.807) is 0 Å². The number of carbonyl (C=O) groups is 2. The van der Waals surface area contributed by atoms with Crippen molar-refractivity contribution in [2.24, 2.45) is 0 Å². The molecular weight excluding hydrogens is 270 g/mol. The summed E-state index contributed by atoms with van der Waals surface area (Å²) in [6, 6.07) is 7.57. The average molecular weight is 293 g/mol. The molecule has 1 amide bonds. The predicted octanol–water partition coefficient (Wildman–Crippen LogP) is 2.39. The van der Waals surface area contributed by atoms with E-state index >= 15 is 0 Å². The number of carbonyl (C=O) groups excluding carboxylic acids is 1. The van der Waals surface area contributed by atoms with Gasteiger partial charge in [-0.1, -0.05) is 12.1 Å². The van der Waals surface area contributed by atoms with Crippen LogP contribution in [0.15, 0.2) is 24.3 Å². The van der Waals surface area contributed by atoms with Crippen LogP contribution in [0.25, 0.3) is 0 Å². The molecule has 1 aromatic rings. The summed E-state index contributed by atoms with van der Waals surface area (Å²) >= 11 is 0. The Morgan fingerprint density at radius 3 is 2.48 bits per heavy atom. The monoisotopic (exact) mass is 293 g/mol. The Labute approximate surface area is 125 Å². The maximum atomic E-state index is 11.8. The van der Waals surface area contributed by atoms with E-state index in [-0.39, 0.29) is 18.4 Å². The summed E-state index contributed by atoms with van der Waals surface area (Å²) in [5.41, 5.74) is 1.08. The molecular formula is C16H23NO4. The summed E-state index contributed by atoms with van der Waals surface area (Å²) in [5, 5.41) is 11.4. The number of amides is 1. The van der Waals surface area contributed by atoms with Crippen molar-refractivity contribution in [3.63, 3.8) is 0 Å². The summed E-state index contributed by atoms with van der Waals surface area (Å²) in [4.78, 5) is 22.2. The lowest BCUT2D eigenvalue weighted by Crippen LogP contribution is -2.33. The second-order valence-electron chi connectivity index (χ2n) is 4.98. The zero-order valence-electron chi connectivity index (χ0n) is 12.6. The Bertz CT molecular complexity index is 456. The van der Waals surface area contributed by atoms with Gasteiger partial charge in [0.05, 0.1) is 6.61 Å². The predicted molar refractivity (Wildman–Crippen MR) is 80.4 cm³/mol. The number of ether oxygens (including phenoxy) is 1. The molecule has 0 spiro atoms. The van der Waals surface area contributed by atoms with Crippen molar-refractivity contribution in [2.45, 2.75) is 45.6 Å². The quantitative estimate of drug-likeness (QED) is 0.733. The van der Waals surface area contributed by atoms with E-state index in [0.29, 0.717) is 25.9 Å². The first-order valence-electron chi connectivity index (χ1n) is 7.24. The second-order valence-corrected chi connectivity index (χ2v) is 4.98. The molecule has 0 saturated heterocycles. The minimum atomic E-state index is -0.842. The van der Waals surface area contributed by atoms with Gasteiger partial charge in [-0.2, -0.15) is 0 Å². The van der Waals surface area contributed by atoms with Crippen molar-refractivity contribution in [1.82, 2.24) is 5.32 Å². The van der Waals surface area contributed by atoms with Gasteiger partial charge in [0.15, 0.2) is 0 Å². The molecule has 5 heteroatoms. The molecule has 0 aliphatic carbocycles. The van der Waals surface area contributed by atoms with Crippen LogP contribution in [0.3, 0.4) is 0 Å². The highest BCUT2D eigenvalue weighted by molar-refractivity contribution is 5.76. The van der Waals surface area contributed by atoms with Gasteiger partial charge in [0.1, 0.15) is 5.75 Å². The van der Waals surface area contributed by atoms with E-state index in [2.05, 4.69) is 5.32 Å². The van der Waals surface area contributed by atoms with Gasteiger partial charge in [-0.15, -0.1) is 0 Å². The molecule has 116 valence electrons. The van der Waals surface area contributed by atoms with Crippen LogP contribution in [0, 0.1) is 0 Å². The summed E-state index contributed by atoms with van der Waals surface area (Å²) in [5.74, 6) is -0.0692. The van der Waals surface area contributed by atoms with Crippen molar-refractivity contribution in [1.29, 1.82) is 0 Å². The van der Waals surface area contributed by atoms with Crippen LogP contribution in [0.4, 0.5) is 0 Å². The first kappa shape index (κ1) is 17.0. The summed E-state index contributed by atoms with van der Waals surface area (Å²) in [6.07, 6.45) is 1.57. The van der Waals surface area contributed by atoms with E-state index < -0.39 is 5.97 Å². The number of hydrogen-bond acceptors (Lipinski definition) is 3. The number of rotatable bonds is 9. The Morgan fingerprint density at radius 2 is 1.90 bits per heavy atom. The molecule has 0 bridgehead atoms. The van der Waals surface area contributed by atoms with Crippen LogP contribution in [0.5, 0.6) is 5.75 Å². The largest absolute Gasteiger partial charge is 0.494 e. The standard InChI is InChI=1S/C16H23NO4/c1-3-21-14-8-5-13(6-9-14)7-10-15(18)17-12(2)4-11-16(19)20/h5-6,8-9,12H,3-4,7,10-11H2,1-2H3,(H,17,18)(H,19,20). The molecule has 1 rings (SSSR count). The smallest absolute Gasteiger partial charge is 0.303 e. The Balaban J connectivity index is 2.30. The van der Waals surface area contributed by atoms with Gasteiger partial charge in [0, 0.05) is 18.9 Å². The molecule has 5 nitrogen and oxygen atoms in total. The van der Waals surface area contributed by atoms with E-state index in [9.17, 15) is 9.59 Å². The molecule has 0 aliphatic heterocycles. The zero-order chi connectivity index (χ0) is 15.7. The number of aliphatic carboxylic acids is 1. The normalized spacial score (nSPS) is 11.7. The summed E-state index contributed by atoms with van der Waals surface area (Å²) in [6.45, 7) is 4.39. The molecule has 1 unspecified atom stereocenters. The minimum Gasteiger partial charge on any atom is -0.494 e. The van der Waals surface area contributed by atoms with Crippen molar-refractivity contribution >= 4 is 11.9 Å². The molecule has 0 heterocycles. The molecule has 0 aromatic heterocycles. The first-order chi connectivity index (χ1) is 10.0. The van der Waals surface area contributed by atoms with Crippen LogP contribution in [-0.4, -0.2) is 29.6 Å². The lowest BCUT2D eigenvalue weighted by atomic mass is 10.1. The van der Waals surface area contributed by atoms with Crippen LogP contribution in [0.1, 0.15) is 38.7 Å². The van der Waals surface area contributed by atoms with Gasteiger partial charge in [-0.25, -0.2) is 0 Å². The van der Waals surface area contributed by atoms with Crippen LogP contribution in [-0.2, 0) is 16.0 Å². The third-order valence-corrected chi connectivity index (χ3v) is 3.07. The van der Waals surface area contributed by atoms with Gasteiger partial charge >= 0.3 is 5.97 Å². The molecule has 0 aliphatic rings. The molecule has 0 radical (unpaired) electrons. The maximum Gasteiger partial charge on any atom is 0.303 e. The molecule has 21 heavy (non-hydrogen) atoms. The number of carboxylic acid groups (broad SMARTS) is 1. The van der Waals surface area contributed by atoms with E-state index in [0.717, 1.165) is 11.3 Å². The van der Waals surface area contributed by atoms with Crippen LogP contribution in [0.2, 0.25) is 0 Å². The topological polar surface area (TPSA) is 75.6 Å². The molecule has 1 atom stereocenters. The third-order valence-electron chi connectivity index (χ3n) is 3.07. The number of aryl methyl sites for hydroxylation is 1. The molecule has 0 saturated carbocycles. The maximum absolute atomic E-state index is 11.8. The van der Waals surface area contributed by atoms with Gasteiger partial charge in [-0.3, -0.25) is 9.59 Å². The highest BCUT2D eigenvalue weighted by atomic mass is 16.5. The number of benzene rings is 1. The van der Waals surface area contributed by atoms with Crippen LogP contribution < -0.4 is 10.1 Å². The highest BCUT2D eigenvalue weighted by Gasteiger charge is 2.09. The van der Waals surface area contributed by atoms with Crippen molar-refractivity contribution in [2.75, 3.05) is 6.61 Å². The summed E-state index contributed by atoms with van der Waals surface area (Å²) in [7, 11) is 0. The third kappa shape index (κ3) is 7.34. The lowest BCUT2D eigenvalue weighted by Gasteiger charge is -2.12. The van der Waals surface area contributed by atoms with E-state index in [1.807, 2.05) is 38.1 Å². The van der Waals surface area contributed by atoms with Gasteiger partial charge in [0.2, 0.25) is 5.91 Å².